The molecule has 1 aromatic heterocycles. The van der Waals surface area contributed by atoms with E-state index in [1.54, 1.807) is 0 Å². The second kappa shape index (κ2) is 4.37. The lowest BCUT2D eigenvalue weighted by Gasteiger charge is -2.20. The third kappa shape index (κ3) is 2.50. The van der Waals surface area contributed by atoms with Crippen molar-refractivity contribution in [3.05, 3.63) is 27.7 Å². The highest BCUT2D eigenvalue weighted by Gasteiger charge is 2.21. The lowest BCUT2D eigenvalue weighted by molar-refractivity contribution is 0.507. The van der Waals surface area contributed by atoms with E-state index in [0.717, 1.165) is 5.69 Å². The first kappa shape index (κ1) is 12.9. The molecule has 0 aliphatic carbocycles. The molecule has 1 heterocycles. The molecule has 90 valence electrons. The van der Waals surface area contributed by atoms with Crippen molar-refractivity contribution in [2.24, 2.45) is 5.73 Å². The molecule has 16 heavy (non-hydrogen) atoms. The number of nitrogens with zero attached hydrogens (tertiary/aromatic N) is 2. The molecule has 1 aromatic rings. The Morgan fingerprint density at radius 1 is 1.50 bits per heavy atom. The minimum Gasteiger partial charge on any atom is -0.322 e. The normalized spacial score (nSPS) is 12.2. The van der Waals surface area contributed by atoms with Gasteiger partial charge in [-0.25, -0.2) is 4.68 Å². The fraction of sp³-hybridized carbons (Fsp3) is 0.667. The molecule has 0 aliphatic rings. The third-order valence-corrected chi connectivity index (χ3v) is 2.58. The lowest BCUT2D eigenvalue weighted by atomic mass is 9.95. The predicted octanol–water partition coefficient (Wildman–Crippen LogP) is 1.58. The summed E-state index contributed by atoms with van der Waals surface area (Å²) in [6, 6.07) is 1.83. The fourth-order valence-electron chi connectivity index (χ4n) is 1.52. The summed E-state index contributed by atoms with van der Waals surface area (Å²) in [5, 5.41) is 4.31. The standard InChI is InChI=1S/C12H21N3O/c1-6-15-11(16)9(12(4,5)13)7-10(14-15)8(2)3/h7-8H,6,13H2,1-5H3. The Labute approximate surface area is 96.5 Å². The Morgan fingerprint density at radius 2 is 2.06 bits per heavy atom. The molecule has 4 heteroatoms. The van der Waals surface area contributed by atoms with E-state index in [4.69, 9.17) is 5.73 Å². The van der Waals surface area contributed by atoms with E-state index in [0.29, 0.717) is 18.0 Å². The Hall–Kier alpha value is -1.16. The molecule has 1 rings (SSSR count). The maximum Gasteiger partial charge on any atom is 0.271 e. The quantitative estimate of drug-likeness (QED) is 0.846. The third-order valence-electron chi connectivity index (χ3n) is 2.58. The Kier molecular flexibility index (Phi) is 3.53. The van der Waals surface area contributed by atoms with Crippen molar-refractivity contribution in [1.29, 1.82) is 0 Å². The maximum absolute atomic E-state index is 12.0. The van der Waals surface area contributed by atoms with Gasteiger partial charge in [-0.05, 0) is 32.8 Å². The molecule has 0 atom stereocenters. The molecular weight excluding hydrogens is 202 g/mol. The van der Waals surface area contributed by atoms with E-state index in [1.165, 1.54) is 4.68 Å². The van der Waals surface area contributed by atoms with Gasteiger partial charge in [-0.1, -0.05) is 13.8 Å². The SMILES string of the molecule is CCn1nc(C(C)C)cc(C(C)(C)N)c1=O. The minimum absolute atomic E-state index is 0.0839. The first-order valence-electron chi connectivity index (χ1n) is 5.68. The summed E-state index contributed by atoms with van der Waals surface area (Å²) in [5.74, 6) is 0.291. The van der Waals surface area contributed by atoms with Gasteiger partial charge < -0.3 is 5.73 Å². The fourth-order valence-corrected chi connectivity index (χ4v) is 1.52. The van der Waals surface area contributed by atoms with Crippen molar-refractivity contribution in [2.45, 2.75) is 52.6 Å². The highest BCUT2D eigenvalue weighted by atomic mass is 16.1. The van der Waals surface area contributed by atoms with E-state index in [-0.39, 0.29) is 5.56 Å². The van der Waals surface area contributed by atoms with Gasteiger partial charge in [-0.2, -0.15) is 5.10 Å². The first-order valence-corrected chi connectivity index (χ1v) is 5.68. The van der Waals surface area contributed by atoms with Crippen LogP contribution in [0.15, 0.2) is 10.9 Å². The van der Waals surface area contributed by atoms with Crippen LogP contribution in [0.1, 0.15) is 51.8 Å². The monoisotopic (exact) mass is 223 g/mol. The van der Waals surface area contributed by atoms with E-state index >= 15 is 0 Å². The summed E-state index contributed by atoms with van der Waals surface area (Å²) >= 11 is 0. The Bertz CT molecular complexity index is 427. The smallest absolute Gasteiger partial charge is 0.271 e. The van der Waals surface area contributed by atoms with Crippen LogP contribution in [0.25, 0.3) is 0 Å². The van der Waals surface area contributed by atoms with E-state index < -0.39 is 5.54 Å². The second-order valence-corrected chi connectivity index (χ2v) is 4.98. The van der Waals surface area contributed by atoms with Crippen LogP contribution in [-0.2, 0) is 12.1 Å². The molecule has 4 nitrogen and oxygen atoms in total. The van der Waals surface area contributed by atoms with Crippen LogP contribution < -0.4 is 11.3 Å². The number of rotatable bonds is 3. The van der Waals surface area contributed by atoms with Gasteiger partial charge in [0.2, 0.25) is 0 Å². The summed E-state index contributed by atoms with van der Waals surface area (Å²) in [5.41, 5.74) is 6.85. The number of aromatic nitrogens is 2. The topological polar surface area (TPSA) is 60.9 Å². The zero-order chi connectivity index (χ0) is 12.5. The highest BCUT2D eigenvalue weighted by molar-refractivity contribution is 5.22. The van der Waals surface area contributed by atoms with Crippen molar-refractivity contribution in [3.63, 3.8) is 0 Å². The molecule has 0 saturated heterocycles. The molecule has 0 radical (unpaired) electrons. The van der Waals surface area contributed by atoms with Crippen LogP contribution in [0.4, 0.5) is 0 Å². The first-order chi connectivity index (χ1) is 7.27. The van der Waals surface area contributed by atoms with Crippen LogP contribution in [0.3, 0.4) is 0 Å². The zero-order valence-corrected chi connectivity index (χ0v) is 10.7. The number of hydrogen-bond donors (Lipinski definition) is 1. The van der Waals surface area contributed by atoms with Gasteiger partial charge in [0.1, 0.15) is 0 Å². The van der Waals surface area contributed by atoms with Crippen molar-refractivity contribution in [3.8, 4) is 0 Å². The van der Waals surface area contributed by atoms with Crippen molar-refractivity contribution in [2.75, 3.05) is 0 Å². The summed E-state index contributed by atoms with van der Waals surface area (Å²) in [6.07, 6.45) is 0. The number of aryl methyl sites for hydroxylation is 1. The van der Waals surface area contributed by atoms with E-state index in [9.17, 15) is 4.79 Å². The van der Waals surface area contributed by atoms with Gasteiger partial charge in [0.05, 0.1) is 5.69 Å². The summed E-state index contributed by atoms with van der Waals surface area (Å²) in [6.45, 7) is 10.3. The maximum atomic E-state index is 12.0. The average molecular weight is 223 g/mol. The molecule has 0 spiro atoms. The van der Waals surface area contributed by atoms with Gasteiger partial charge in [-0.3, -0.25) is 4.79 Å². The largest absolute Gasteiger partial charge is 0.322 e. The molecule has 0 aliphatic heterocycles. The molecule has 0 bridgehead atoms. The van der Waals surface area contributed by atoms with Gasteiger partial charge >= 0.3 is 0 Å². The molecule has 0 aromatic carbocycles. The molecule has 0 amide bonds. The minimum atomic E-state index is -0.624. The molecule has 0 saturated carbocycles. The van der Waals surface area contributed by atoms with Crippen LogP contribution >= 0.6 is 0 Å². The van der Waals surface area contributed by atoms with Crippen LogP contribution in [0, 0.1) is 0 Å². The highest BCUT2D eigenvalue weighted by Crippen LogP contribution is 2.17. The molecule has 2 N–H and O–H groups in total. The predicted molar refractivity (Wildman–Crippen MR) is 65.5 cm³/mol. The lowest BCUT2D eigenvalue weighted by Crippen LogP contribution is -2.39. The molecule has 0 fully saturated rings. The van der Waals surface area contributed by atoms with Gasteiger partial charge in [0.15, 0.2) is 0 Å². The van der Waals surface area contributed by atoms with Gasteiger partial charge in [0, 0.05) is 17.6 Å². The molecule has 0 unspecified atom stereocenters. The van der Waals surface area contributed by atoms with E-state index in [1.807, 2.05) is 26.8 Å². The van der Waals surface area contributed by atoms with Crippen molar-refractivity contribution in [1.82, 2.24) is 9.78 Å². The van der Waals surface area contributed by atoms with Crippen molar-refractivity contribution >= 4 is 0 Å². The van der Waals surface area contributed by atoms with Crippen LogP contribution in [0.5, 0.6) is 0 Å². The summed E-state index contributed by atoms with van der Waals surface area (Å²) in [7, 11) is 0. The van der Waals surface area contributed by atoms with E-state index in [2.05, 4.69) is 18.9 Å². The van der Waals surface area contributed by atoms with Gasteiger partial charge in [-0.15, -0.1) is 0 Å². The number of hydrogen-bond acceptors (Lipinski definition) is 3. The number of nitrogens with two attached hydrogens (primary N) is 1. The molecular formula is C12H21N3O. The summed E-state index contributed by atoms with van der Waals surface area (Å²) in [4.78, 5) is 12.0. The second-order valence-electron chi connectivity index (χ2n) is 4.98. The summed E-state index contributed by atoms with van der Waals surface area (Å²) < 4.78 is 1.49. The average Bonchev–Trinajstić information content (AvgIpc) is 2.15. The Balaban J connectivity index is 3.49. The zero-order valence-electron chi connectivity index (χ0n) is 10.7. The Morgan fingerprint density at radius 3 is 2.44 bits per heavy atom. The van der Waals surface area contributed by atoms with Gasteiger partial charge in [0.25, 0.3) is 5.56 Å². The van der Waals surface area contributed by atoms with Crippen LogP contribution in [0.2, 0.25) is 0 Å². The van der Waals surface area contributed by atoms with Crippen LogP contribution in [-0.4, -0.2) is 9.78 Å². The van der Waals surface area contributed by atoms with Crippen molar-refractivity contribution < 1.29 is 0 Å².